The number of fused-ring (bicyclic) bond motifs is 1. The molecule has 0 fully saturated rings. The maximum Gasteiger partial charge on any atom is 0.377 e. The van der Waals surface area contributed by atoms with E-state index in [9.17, 15) is 18.8 Å². The van der Waals surface area contributed by atoms with Crippen LogP contribution in [0.3, 0.4) is 0 Å². The number of halogens is 1. The molecule has 2 aromatic rings. The minimum atomic E-state index is -1.70. The number of aryl methyl sites for hydroxylation is 1. The number of esters is 1. The van der Waals surface area contributed by atoms with Crippen molar-refractivity contribution in [2.45, 2.75) is 6.92 Å². The number of ketones is 1. The summed E-state index contributed by atoms with van der Waals surface area (Å²) in [5.41, 5.74) is -0.258. The maximum atomic E-state index is 13.3. The Balaban J connectivity index is 2.84. The van der Waals surface area contributed by atoms with E-state index in [1.807, 2.05) is 0 Å². The summed E-state index contributed by atoms with van der Waals surface area (Å²) in [6.45, 7) is 1.65. The molecule has 0 radical (unpaired) electrons. The van der Waals surface area contributed by atoms with Gasteiger partial charge in [0.25, 0.3) is 5.78 Å². The van der Waals surface area contributed by atoms with E-state index in [2.05, 4.69) is 0 Å². The Morgan fingerprint density at radius 2 is 2.00 bits per heavy atom. The third-order valence-corrected chi connectivity index (χ3v) is 3.05. The maximum absolute atomic E-state index is 13.3. The number of carboxylic acid groups (broad SMARTS) is 1. The van der Waals surface area contributed by atoms with Gasteiger partial charge in [-0.05, 0) is 25.1 Å². The third kappa shape index (κ3) is 2.37. The summed E-state index contributed by atoms with van der Waals surface area (Å²) in [6, 6.07) is 3.48. The fourth-order valence-corrected chi connectivity index (χ4v) is 2.18. The molecule has 0 amide bonds. The van der Waals surface area contributed by atoms with E-state index in [1.54, 1.807) is 6.92 Å². The van der Waals surface area contributed by atoms with E-state index < -0.39 is 23.5 Å². The highest BCUT2D eigenvalue weighted by Crippen LogP contribution is 2.27. The van der Waals surface area contributed by atoms with Crippen LogP contribution in [-0.4, -0.2) is 34.0 Å². The normalized spacial score (nSPS) is 10.6. The summed E-state index contributed by atoms with van der Waals surface area (Å²) in [4.78, 5) is 34.8. The zero-order valence-corrected chi connectivity index (χ0v) is 11.3. The van der Waals surface area contributed by atoms with Crippen LogP contribution < -0.4 is 0 Å². The molecule has 6 nitrogen and oxygen atoms in total. The van der Waals surface area contributed by atoms with Crippen molar-refractivity contribution in [3.8, 4) is 0 Å². The Morgan fingerprint density at radius 3 is 2.57 bits per heavy atom. The van der Waals surface area contributed by atoms with E-state index in [1.165, 1.54) is 17.7 Å². The van der Waals surface area contributed by atoms with Gasteiger partial charge >= 0.3 is 11.9 Å². The first-order chi connectivity index (χ1) is 9.88. The van der Waals surface area contributed by atoms with E-state index in [4.69, 9.17) is 9.84 Å². The van der Waals surface area contributed by atoms with Gasteiger partial charge < -0.3 is 14.4 Å². The molecule has 21 heavy (non-hydrogen) atoms. The van der Waals surface area contributed by atoms with Crippen molar-refractivity contribution in [2.24, 2.45) is 7.05 Å². The van der Waals surface area contributed by atoms with Crippen LogP contribution in [0.1, 0.15) is 27.8 Å². The van der Waals surface area contributed by atoms with Gasteiger partial charge in [-0.2, -0.15) is 0 Å². The first-order valence-corrected chi connectivity index (χ1v) is 6.11. The summed E-state index contributed by atoms with van der Waals surface area (Å²) in [7, 11) is 1.44. The number of ether oxygens (including phenoxy) is 1. The standard InChI is InChI=1S/C14H12FNO5/c1-3-21-14(20)11-10(12(17)13(18)19)8-5-4-7(15)6-9(8)16(11)2/h4-6H,3H2,1-2H3,(H,18,19). The minimum Gasteiger partial charge on any atom is -0.475 e. The molecule has 0 aliphatic rings. The van der Waals surface area contributed by atoms with Crippen molar-refractivity contribution in [2.75, 3.05) is 6.61 Å². The second-order valence-corrected chi connectivity index (χ2v) is 4.30. The predicted octanol–water partition coefficient (Wildman–Crippen LogP) is 1.76. The van der Waals surface area contributed by atoms with Gasteiger partial charge in [-0.15, -0.1) is 0 Å². The second-order valence-electron chi connectivity index (χ2n) is 4.30. The van der Waals surface area contributed by atoms with Gasteiger partial charge in [0.2, 0.25) is 0 Å². The molecule has 0 spiro atoms. The molecular formula is C14H12FNO5. The molecule has 110 valence electrons. The SMILES string of the molecule is CCOC(=O)c1c(C(=O)C(=O)O)c2ccc(F)cc2n1C. The van der Waals surface area contributed by atoms with E-state index in [-0.39, 0.29) is 28.8 Å². The molecule has 0 bridgehead atoms. The van der Waals surface area contributed by atoms with Crippen molar-refractivity contribution in [3.05, 3.63) is 35.3 Å². The molecule has 0 saturated carbocycles. The molecule has 1 N–H and O–H groups in total. The molecule has 1 aromatic carbocycles. The molecule has 0 saturated heterocycles. The van der Waals surface area contributed by atoms with Crippen molar-refractivity contribution in [1.82, 2.24) is 4.57 Å². The Kier molecular flexibility index (Phi) is 3.75. The van der Waals surface area contributed by atoms with Gasteiger partial charge in [0, 0.05) is 12.4 Å². The van der Waals surface area contributed by atoms with Crippen LogP contribution in [0.5, 0.6) is 0 Å². The van der Waals surface area contributed by atoms with Gasteiger partial charge in [0.15, 0.2) is 0 Å². The lowest BCUT2D eigenvalue weighted by Crippen LogP contribution is -2.19. The Bertz CT molecular complexity index is 762. The van der Waals surface area contributed by atoms with Crippen LogP contribution in [0.15, 0.2) is 18.2 Å². The molecule has 7 heteroatoms. The van der Waals surface area contributed by atoms with E-state index >= 15 is 0 Å². The predicted molar refractivity (Wildman–Crippen MR) is 70.8 cm³/mol. The van der Waals surface area contributed by atoms with Crippen molar-refractivity contribution in [1.29, 1.82) is 0 Å². The van der Waals surface area contributed by atoms with Crippen molar-refractivity contribution < 1.29 is 28.6 Å². The summed E-state index contributed by atoms with van der Waals surface area (Å²) in [6.07, 6.45) is 0. The van der Waals surface area contributed by atoms with Gasteiger partial charge in [-0.1, -0.05) is 0 Å². The van der Waals surface area contributed by atoms with Crippen LogP contribution in [0.2, 0.25) is 0 Å². The minimum absolute atomic E-state index is 0.0649. The average Bonchev–Trinajstić information content (AvgIpc) is 2.71. The highest BCUT2D eigenvalue weighted by Gasteiger charge is 2.30. The molecule has 1 heterocycles. The van der Waals surface area contributed by atoms with E-state index in [0.717, 1.165) is 12.1 Å². The van der Waals surface area contributed by atoms with Gasteiger partial charge in [-0.25, -0.2) is 14.0 Å². The third-order valence-electron chi connectivity index (χ3n) is 3.05. The smallest absolute Gasteiger partial charge is 0.377 e. The van der Waals surface area contributed by atoms with Crippen molar-refractivity contribution in [3.63, 3.8) is 0 Å². The first kappa shape index (κ1) is 14.7. The molecule has 1 aromatic heterocycles. The Labute approximate surface area is 118 Å². The number of carbonyl (C=O) groups excluding carboxylic acids is 2. The van der Waals surface area contributed by atoms with Crippen LogP contribution in [0.4, 0.5) is 4.39 Å². The zero-order valence-electron chi connectivity index (χ0n) is 11.3. The molecule has 0 aliphatic carbocycles. The molecule has 0 aliphatic heterocycles. The Hall–Kier alpha value is -2.70. The van der Waals surface area contributed by atoms with Gasteiger partial charge in [0.1, 0.15) is 11.5 Å². The zero-order chi connectivity index (χ0) is 15.7. The number of hydrogen-bond donors (Lipinski definition) is 1. The quantitative estimate of drug-likeness (QED) is 0.527. The number of rotatable bonds is 4. The number of hydrogen-bond acceptors (Lipinski definition) is 4. The lowest BCUT2D eigenvalue weighted by atomic mass is 10.1. The van der Waals surface area contributed by atoms with Gasteiger partial charge in [-0.3, -0.25) is 4.79 Å². The molecular weight excluding hydrogens is 281 g/mol. The summed E-state index contributed by atoms with van der Waals surface area (Å²) >= 11 is 0. The van der Waals surface area contributed by atoms with E-state index in [0.29, 0.717) is 0 Å². The topological polar surface area (TPSA) is 85.6 Å². The van der Waals surface area contributed by atoms with Gasteiger partial charge in [0.05, 0.1) is 17.7 Å². The lowest BCUT2D eigenvalue weighted by molar-refractivity contribution is -0.131. The highest BCUT2D eigenvalue weighted by atomic mass is 19.1. The summed E-state index contributed by atoms with van der Waals surface area (Å²) in [5, 5.41) is 9.10. The number of aromatic nitrogens is 1. The highest BCUT2D eigenvalue weighted by molar-refractivity contribution is 6.43. The Morgan fingerprint density at radius 1 is 1.33 bits per heavy atom. The molecule has 2 rings (SSSR count). The number of benzene rings is 1. The van der Waals surface area contributed by atoms with Crippen molar-refractivity contribution >= 4 is 28.6 Å². The summed E-state index contributed by atoms with van der Waals surface area (Å²) < 4.78 is 19.4. The molecule has 0 unspecified atom stereocenters. The average molecular weight is 293 g/mol. The first-order valence-electron chi connectivity index (χ1n) is 6.11. The number of carbonyl (C=O) groups is 3. The molecule has 0 atom stereocenters. The number of carboxylic acids is 1. The van der Waals surface area contributed by atoms with Crippen LogP contribution in [0.25, 0.3) is 10.9 Å². The van der Waals surface area contributed by atoms with Crippen LogP contribution in [0, 0.1) is 5.82 Å². The number of Topliss-reactive ketones (excluding diaryl/α,β-unsaturated/α-hetero) is 1. The largest absolute Gasteiger partial charge is 0.475 e. The second kappa shape index (κ2) is 5.35. The fourth-order valence-electron chi connectivity index (χ4n) is 2.18. The fraction of sp³-hybridized carbons (Fsp3) is 0.214. The lowest BCUT2D eigenvalue weighted by Gasteiger charge is -2.05. The number of aliphatic carboxylic acids is 1. The summed E-state index contributed by atoms with van der Waals surface area (Å²) in [5.74, 6) is -4.33. The van der Waals surface area contributed by atoms with Crippen LogP contribution in [-0.2, 0) is 16.6 Å². The monoisotopic (exact) mass is 293 g/mol. The van der Waals surface area contributed by atoms with Crippen LogP contribution >= 0.6 is 0 Å². The number of nitrogens with zero attached hydrogens (tertiary/aromatic N) is 1.